The zero-order valence-corrected chi connectivity index (χ0v) is 9.24. The van der Waals surface area contributed by atoms with Crippen molar-refractivity contribution in [3.05, 3.63) is 41.8 Å². The minimum Gasteiger partial charge on any atom is -0.338 e. The van der Waals surface area contributed by atoms with Crippen molar-refractivity contribution in [2.45, 2.75) is 6.92 Å². The summed E-state index contributed by atoms with van der Waals surface area (Å²) in [4.78, 5) is 7.53. The predicted molar refractivity (Wildman–Crippen MR) is 64.3 cm³/mol. The number of nitrogen functional groups attached to an aromatic ring is 1. The number of benzene rings is 1. The van der Waals surface area contributed by atoms with E-state index in [4.69, 9.17) is 5.84 Å². The third kappa shape index (κ3) is 2.67. The SMILES string of the molecule is Cc1ccc(Nc2nc(NN)ncc2F)cc1. The Morgan fingerprint density at radius 1 is 1.24 bits per heavy atom. The molecule has 0 saturated carbocycles. The van der Waals surface area contributed by atoms with Crippen molar-refractivity contribution in [3.8, 4) is 0 Å². The maximum Gasteiger partial charge on any atom is 0.239 e. The van der Waals surface area contributed by atoms with Gasteiger partial charge in [-0.3, -0.25) is 5.43 Å². The van der Waals surface area contributed by atoms with Crippen LogP contribution < -0.4 is 16.6 Å². The number of nitrogens with zero attached hydrogens (tertiary/aromatic N) is 2. The summed E-state index contributed by atoms with van der Waals surface area (Å²) in [6.45, 7) is 1.98. The molecule has 88 valence electrons. The van der Waals surface area contributed by atoms with Gasteiger partial charge < -0.3 is 5.32 Å². The lowest BCUT2D eigenvalue weighted by Gasteiger charge is -2.07. The van der Waals surface area contributed by atoms with Crippen LogP contribution in [0.3, 0.4) is 0 Å². The Labute approximate surface area is 97.9 Å². The van der Waals surface area contributed by atoms with Crippen LogP contribution in [0.1, 0.15) is 5.56 Å². The smallest absolute Gasteiger partial charge is 0.239 e. The highest BCUT2D eigenvalue weighted by atomic mass is 19.1. The van der Waals surface area contributed by atoms with E-state index in [1.165, 1.54) is 0 Å². The van der Waals surface area contributed by atoms with Gasteiger partial charge in [0.1, 0.15) is 0 Å². The molecule has 6 heteroatoms. The molecule has 5 nitrogen and oxygen atoms in total. The highest BCUT2D eigenvalue weighted by Crippen LogP contribution is 2.18. The minimum atomic E-state index is -0.537. The van der Waals surface area contributed by atoms with Gasteiger partial charge in [0.25, 0.3) is 0 Å². The third-order valence-corrected chi connectivity index (χ3v) is 2.19. The molecule has 0 unspecified atom stereocenters. The fourth-order valence-electron chi connectivity index (χ4n) is 1.30. The van der Waals surface area contributed by atoms with Crippen molar-refractivity contribution in [3.63, 3.8) is 0 Å². The average molecular weight is 233 g/mol. The first-order chi connectivity index (χ1) is 8.19. The van der Waals surface area contributed by atoms with Gasteiger partial charge in [0, 0.05) is 5.69 Å². The molecular weight excluding hydrogens is 221 g/mol. The second-order valence-electron chi connectivity index (χ2n) is 3.53. The fraction of sp³-hybridized carbons (Fsp3) is 0.0909. The molecule has 0 aliphatic rings. The molecule has 0 aliphatic heterocycles. The maximum absolute atomic E-state index is 13.4. The second-order valence-corrected chi connectivity index (χ2v) is 3.53. The van der Waals surface area contributed by atoms with Crippen LogP contribution in [0, 0.1) is 12.7 Å². The molecule has 0 saturated heterocycles. The summed E-state index contributed by atoms with van der Waals surface area (Å²) in [7, 11) is 0. The van der Waals surface area contributed by atoms with E-state index in [9.17, 15) is 4.39 Å². The first-order valence-corrected chi connectivity index (χ1v) is 5.02. The van der Waals surface area contributed by atoms with Gasteiger partial charge in [-0.25, -0.2) is 15.2 Å². The summed E-state index contributed by atoms with van der Waals surface area (Å²) in [5, 5.41) is 2.85. The van der Waals surface area contributed by atoms with Gasteiger partial charge in [-0.2, -0.15) is 4.98 Å². The van der Waals surface area contributed by atoms with Crippen LogP contribution in [0.5, 0.6) is 0 Å². The Morgan fingerprint density at radius 3 is 2.59 bits per heavy atom. The number of halogens is 1. The molecular formula is C11H12FN5. The maximum atomic E-state index is 13.4. The summed E-state index contributed by atoms with van der Waals surface area (Å²) in [6, 6.07) is 7.52. The van der Waals surface area contributed by atoms with Crippen LogP contribution in [-0.2, 0) is 0 Å². The molecule has 1 aromatic heterocycles. The molecule has 0 fully saturated rings. The van der Waals surface area contributed by atoms with Crippen molar-refractivity contribution >= 4 is 17.5 Å². The van der Waals surface area contributed by atoms with E-state index in [2.05, 4.69) is 20.7 Å². The summed E-state index contributed by atoms with van der Waals surface area (Å²) in [5.41, 5.74) is 4.13. The Balaban J connectivity index is 2.25. The number of rotatable bonds is 3. The van der Waals surface area contributed by atoms with Crippen molar-refractivity contribution in [1.82, 2.24) is 9.97 Å². The van der Waals surface area contributed by atoms with Gasteiger partial charge in [-0.1, -0.05) is 17.7 Å². The largest absolute Gasteiger partial charge is 0.338 e. The van der Waals surface area contributed by atoms with Gasteiger partial charge in [-0.15, -0.1) is 0 Å². The molecule has 2 aromatic rings. The van der Waals surface area contributed by atoms with Crippen LogP contribution in [0.2, 0.25) is 0 Å². The summed E-state index contributed by atoms with van der Waals surface area (Å²) < 4.78 is 13.4. The zero-order valence-electron chi connectivity index (χ0n) is 9.24. The number of hydrogen-bond donors (Lipinski definition) is 3. The van der Waals surface area contributed by atoms with E-state index < -0.39 is 5.82 Å². The first-order valence-electron chi connectivity index (χ1n) is 5.02. The van der Waals surface area contributed by atoms with E-state index in [1.807, 2.05) is 31.2 Å². The van der Waals surface area contributed by atoms with Crippen LogP contribution >= 0.6 is 0 Å². The summed E-state index contributed by atoms with van der Waals surface area (Å²) in [5.74, 6) is 4.85. The quantitative estimate of drug-likeness (QED) is 0.558. The van der Waals surface area contributed by atoms with Crippen LogP contribution in [0.15, 0.2) is 30.5 Å². The number of hydrogen-bond acceptors (Lipinski definition) is 5. The van der Waals surface area contributed by atoms with Gasteiger partial charge in [0.15, 0.2) is 11.6 Å². The van der Waals surface area contributed by atoms with Crippen LogP contribution in [-0.4, -0.2) is 9.97 Å². The van der Waals surface area contributed by atoms with E-state index in [0.717, 1.165) is 17.4 Å². The molecule has 0 aliphatic carbocycles. The van der Waals surface area contributed by atoms with Crippen LogP contribution in [0.4, 0.5) is 21.8 Å². The number of nitrogens with one attached hydrogen (secondary N) is 2. The Kier molecular flexibility index (Phi) is 3.15. The highest BCUT2D eigenvalue weighted by molar-refractivity contribution is 5.57. The van der Waals surface area contributed by atoms with Crippen molar-refractivity contribution in [2.24, 2.45) is 5.84 Å². The van der Waals surface area contributed by atoms with Crippen molar-refractivity contribution in [1.29, 1.82) is 0 Å². The summed E-state index contributed by atoms with van der Waals surface area (Å²) in [6.07, 6.45) is 1.05. The predicted octanol–water partition coefficient (Wildman–Crippen LogP) is 1.95. The number of nitrogens with two attached hydrogens (primary N) is 1. The number of aromatic nitrogens is 2. The molecule has 0 bridgehead atoms. The topological polar surface area (TPSA) is 75.9 Å². The molecule has 1 heterocycles. The molecule has 1 aromatic carbocycles. The second kappa shape index (κ2) is 4.75. The Bertz CT molecular complexity index is 512. The number of anilines is 3. The lowest BCUT2D eigenvalue weighted by Crippen LogP contribution is -2.11. The van der Waals surface area contributed by atoms with E-state index in [-0.39, 0.29) is 11.8 Å². The molecule has 17 heavy (non-hydrogen) atoms. The van der Waals surface area contributed by atoms with Crippen molar-refractivity contribution < 1.29 is 4.39 Å². The third-order valence-electron chi connectivity index (χ3n) is 2.19. The van der Waals surface area contributed by atoms with E-state index in [1.54, 1.807) is 0 Å². The Hall–Kier alpha value is -2.21. The Morgan fingerprint density at radius 2 is 1.94 bits per heavy atom. The normalized spacial score (nSPS) is 10.1. The van der Waals surface area contributed by atoms with Gasteiger partial charge in [-0.05, 0) is 19.1 Å². The van der Waals surface area contributed by atoms with Crippen molar-refractivity contribution in [2.75, 3.05) is 10.7 Å². The molecule has 0 amide bonds. The van der Waals surface area contributed by atoms with Crippen LogP contribution in [0.25, 0.3) is 0 Å². The fourth-order valence-corrected chi connectivity index (χ4v) is 1.30. The molecule has 0 radical (unpaired) electrons. The monoisotopic (exact) mass is 233 g/mol. The van der Waals surface area contributed by atoms with Gasteiger partial charge in [0.05, 0.1) is 6.20 Å². The molecule has 4 N–H and O–H groups in total. The lowest BCUT2D eigenvalue weighted by atomic mass is 10.2. The van der Waals surface area contributed by atoms with E-state index >= 15 is 0 Å². The van der Waals surface area contributed by atoms with Gasteiger partial charge >= 0.3 is 0 Å². The highest BCUT2D eigenvalue weighted by Gasteiger charge is 2.06. The molecule has 0 atom stereocenters. The standard InChI is InChI=1S/C11H12FN5/c1-7-2-4-8(5-3-7)15-10-9(12)6-14-11(16-10)17-13/h2-6H,13H2,1H3,(H2,14,15,16,17). The lowest BCUT2D eigenvalue weighted by molar-refractivity contribution is 0.619. The molecule has 0 spiro atoms. The number of hydrazine groups is 1. The molecule has 2 rings (SSSR count). The first kappa shape index (κ1) is 11.3. The van der Waals surface area contributed by atoms with E-state index in [0.29, 0.717) is 0 Å². The van der Waals surface area contributed by atoms with Gasteiger partial charge in [0.2, 0.25) is 5.95 Å². The minimum absolute atomic E-state index is 0.0804. The number of aryl methyl sites for hydroxylation is 1. The summed E-state index contributed by atoms with van der Waals surface area (Å²) >= 11 is 0. The zero-order chi connectivity index (χ0) is 12.3. The average Bonchev–Trinajstić information content (AvgIpc) is 2.35.